The molecule has 1 N–H and O–H groups in total. The first kappa shape index (κ1) is 19.6. The average molecular weight is 392 g/mol. The Bertz CT molecular complexity index is 768. The Kier molecular flexibility index (Phi) is 6.37. The third-order valence-electron chi connectivity index (χ3n) is 3.64. The van der Waals surface area contributed by atoms with Gasteiger partial charge in [-0.15, -0.1) is 0 Å². The zero-order chi connectivity index (χ0) is 18.7. The van der Waals surface area contributed by atoms with Gasteiger partial charge in [-0.25, -0.2) is 8.78 Å². The van der Waals surface area contributed by atoms with Crippen LogP contribution in [0.4, 0.5) is 8.78 Å². The van der Waals surface area contributed by atoms with Crippen molar-refractivity contribution in [1.82, 2.24) is 15.1 Å². The smallest absolute Gasteiger partial charge is 0.282 e. The minimum atomic E-state index is -2.85. The van der Waals surface area contributed by atoms with E-state index in [4.69, 9.17) is 27.9 Å². The van der Waals surface area contributed by atoms with Crippen molar-refractivity contribution in [3.05, 3.63) is 51.3 Å². The molecular weight excluding hydrogens is 375 g/mol. The van der Waals surface area contributed by atoms with Gasteiger partial charge in [-0.1, -0.05) is 29.3 Å². The van der Waals surface area contributed by atoms with Gasteiger partial charge in [0.1, 0.15) is 11.8 Å². The maximum Gasteiger partial charge on any atom is 0.282 e. The first-order valence-electron chi connectivity index (χ1n) is 7.34. The summed E-state index contributed by atoms with van der Waals surface area (Å²) in [6.45, 7) is 1.69. The lowest BCUT2D eigenvalue weighted by molar-refractivity contribution is 0.0641. The first-order valence-corrected chi connectivity index (χ1v) is 8.10. The molecule has 2 aromatic rings. The Morgan fingerprint density at radius 1 is 1.36 bits per heavy atom. The van der Waals surface area contributed by atoms with Crippen LogP contribution in [0.25, 0.3) is 0 Å². The van der Waals surface area contributed by atoms with Crippen molar-refractivity contribution in [1.29, 1.82) is 0 Å². The van der Waals surface area contributed by atoms with Crippen LogP contribution in [0.1, 0.15) is 41.1 Å². The Labute approximate surface area is 153 Å². The number of nitrogens with one attached hydrogen (secondary N) is 1. The number of methoxy groups -OCH3 is 1. The average Bonchev–Trinajstić information content (AvgIpc) is 2.92. The maximum absolute atomic E-state index is 13.0. The summed E-state index contributed by atoms with van der Waals surface area (Å²) in [5, 5.41) is 7.13. The van der Waals surface area contributed by atoms with E-state index in [-0.39, 0.29) is 5.56 Å². The fraction of sp³-hybridized carbons (Fsp3) is 0.375. The summed E-state index contributed by atoms with van der Waals surface area (Å²) in [7, 11) is 2.93. The normalized spacial score (nSPS) is 13.8. The molecule has 0 fully saturated rings. The molecule has 0 radical (unpaired) electrons. The van der Waals surface area contributed by atoms with E-state index in [1.54, 1.807) is 25.1 Å². The predicted octanol–water partition coefficient (Wildman–Crippen LogP) is 4.17. The zero-order valence-electron chi connectivity index (χ0n) is 13.8. The number of rotatable bonds is 6. The molecule has 0 aliphatic heterocycles. The van der Waals surface area contributed by atoms with Crippen LogP contribution in [0.15, 0.2) is 24.4 Å². The van der Waals surface area contributed by atoms with E-state index in [0.717, 1.165) is 0 Å². The molecule has 1 heterocycles. The molecule has 2 rings (SSSR count). The Balaban J connectivity index is 2.22. The van der Waals surface area contributed by atoms with E-state index >= 15 is 0 Å². The highest BCUT2D eigenvalue weighted by Crippen LogP contribution is 2.30. The molecule has 0 saturated carbocycles. The SMILES string of the molecule is COC(c1ccc(Cl)cc1Cl)C(C)NC(=O)c1cn(C)nc1C(F)F. The van der Waals surface area contributed by atoms with Crippen molar-refractivity contribution in [3.63, 3.8) is 0 Å². The van der Waals surface area contributed by atoms with Crippen LogP contribution in [0, 0.1) is 0 Å². The molecule has 5 nitrogen and oxygen atoms in total. The molecule has 1 aromatic heterocycles. The van der Waals surface area contributed by atoms with Gasteiger partial charge < -0.3 is 10.1 Å². The van der Waals surface area contributed by atoms with Crippen molar-refractivity contribution >= 4 is 29.1 Å². The Morgan fingerprint density at radius 3 is 2.60 bits per heavy atom. The summed E-state index contributed by atoms with van der Waals surface area (Å²) in [6, 6.07) is 4.37. The largest absolute Gasteiger partial charge is 0.375 e. The topological polar surface area (TPSA) is 56.1 Å². The van der Waals surface area contributed by atoms with Crippen LogP contribution in [-0.2, 0) is 11.8 Å². The number of benzene rings is 1. The van der Waals surface area contributed by atoms with Gasteiger partial charge >= 0.3 is 0 Å². The number of aromatic nitrogens is 2. The summed E-state index contributed by atoms with van der Waals surface area (Å²) < 4.78 is 32.6. The van der Waals surface area contributed by atoms with Crippen molar-refractivity contribution in [2.24, 2.45) is 7.05 Å². The van der Waals surface area contributed by atoms with Crippen LogP contribution < -0.4 is 5.32 Å². The lowest BCUT2D eigenvalue weighted by Crippen LogP contribution is -2.38. The van der Waals surface area contributed by atoms with Crippen LogP contribution >= 0.6 is 23.2 Å². The van der Waals surface area contributed by atoms with E-state index in [1.165, 1.54) is 25.0 Å². The number of carbonyl (C=O) groups is 1. The van der Waals surface area contributed by atoms with Crippen LogP contribution in [0.3, 0.4) is 0 Å². The Morgan fingerprint density at radius 2 is 2.04 bits per heavy atom. The van der Waals surface area contributed by atoms with Gasteiger partial charge in [0.2, 0.25) is 0 Å². The third kappa shape index (κ3) is 4.48. The summed E-state index contributed by atoms with van der Waals surface area (Å²) >= 11 is 12.1. The summed E-state index contributed by atoms with van der Waals surface area (Å²) in [4.78, 5) is 12.4. The van der Waals surface area contributed by atoms with E-state index in [9.17, 15) is 13.6 Å². The number of aryl methyl sites for hydroxylation is 1. The van der Waals surface area contributed by atoms with Gasteiger partial charge in [0.05, 0.1) is 11.6 Å². The van der Waals surface area contributed by atoms with Crippen molar-refractivity contribution in [2.75, 3.05) is 7.11 Å². The second-order valence-corrected chi connectivity index (χ2v) is 6.33. The number of halogens is 4. The molecule has 25 heavy (non-hydrogen) atoms. The molecule has 0 aliphatic rings. The highest BCUT2D eigenvalue weighted by atomic mass is 35.5. The molecule has 0 aliphatic carbocycles. The third-order valence-corrected chi connectivity index (χ3v) is 4.21. The second-order valence-electron chi connectivity index (χ2n) is 5.49. The van der Waals surface area contributed by atoms with Gasteiger partial charge in [0.15, 0.2) is 0 Å². The van der Waals surface area contributed by atoms with Crippen LogP contribution in [0.5, 0.6) is 0 Å². The quantitative estimate of drug-likeness (QED) is 0.803. The van der Waals surface area contributed by atoms with Gasteiger partial charge in [-0.3, -0.25) is 9.48 Å². The lowest BCUT2D eigenvalue weighted by atomic mass is 10.0. The second kappa shape index (κ2) is 8.12. The van der Waals surface area contributed by atoms with Crippen LogP contribution in [0.2, 0.25) is 10.0 Å². The minimum absolute atomic E-state index is 0.179. The van der Waals surface area contributed by atoms with Crippen LogP contribution in [-0.4, -0.2) is 28.8 Å². The fourth-order valence-electron chi connectivity index (χ4n) is 2.53. The zero-order valence-corrected chi connectivity index (χ0v) is 15.3. The van der Waals surface area contributed by atoms with Gasteiger partial charge in [0, 0.05) is 36.0 Å². The molecule has 0 saturated heterocycles. The molecule has 136 valence electrons. The van der Waals surface area contributed by atoms with E-state index in [1.807, 2.05) is 0 Å². The molecule has 2 atom stereocenters. The summed E-state index contributed by atoms with van der Waals surface area (Å²) in [6.07, 6.45) is -2.18. The standard InChI is InChI=1S/C16H17Cl2F2N3O2/c1-8(14(25-3)10-5-4-9(17)6-12(10)18)21-16(24)11-7-23(2)22-13(11)15(19)20/h4-8,14-15H,1-3H3,(H,21,24). The molecule has 2 unspecified atom stereocenters. The number of nitrogens with zero attached hydrogens (tertiary/aromatic N) is 2. The molecule has 0 bridgehead atoms. The van der Waals surface area contributed by atoms with E-state index < -0.39 is 30.2 Å². The van der Waals surface area contributed by atoms with Crippen molar-refractivity contribution < 1.29 is 18.3 Å². The first-order chi connectivity index (χ1) is 11.7. The number of alkyl halides is 2. The number of ether oxygens (including phenoxy) is 1. The molecule has 1 aromatic carbocycles. The number of hydrogen-bond acceptors (Lipinski definition) is 3. The molecule has 9 heteroatoms. The lowest BCUT2D eigenvalue weighted by Gasteiger charge is -2.25. The monoisotopic (exact) mass is 391 g/mol. The number of hydrogen-bond donors (Lipinski definition) is 1. The predicted molar refractivity (Wildman–Crippen MR) is 91.3 cm³/mol. The Hall–Kier alpha value is -1.70. The highest BCUT2D eigenvalue weighted by molar-refractivity contribution is 6.35. The van der Waals surface area contributed by atoms with E-state index in [0.29, 0.717) is 15.6 Å². The minimum Gasteiger partial charge on any atom is -0.375 e. The number of amides is 1. The van der Waals surface area contributed by atoms with Gasteiger partial charge in [0.25, 0.3) is 12.3 Å². The molecule has 1 amide bonds. The fourth-order valence-corrected chi connectivity index (χ4v) is 3.05. The summed E-state index contributed by atoms with van der Waals surface area (Å²) in [5.74, 6) is -0.664. The molecular formula is C16H17Cl2F2N3O2. The highest BCUT2D eigenvalue weighted by Gasteiger charge is 2.27. The van der Waals surface area contributed by atoms with Gasteiger partial charge in [-0.05, 0) is 19.1 Å². The molecule has 0 spiro atoms. The maximum atomic E-state index is 13.0. The van der Waals surface area contributed by atoms with Crippen molar-refractivity contribution in [3.8, 4) is 0 Å². The summed E-state index contributed by atoms with van der Waals surface area (Å²) in [5.41, 5.74) is -0.117. The van der Waals surface area contributed by atoms with E-state index in [2.05, 4.69) is 10.4 Å². The number of carbonyl (C=O) groups excluding carboxylic acids is 1. The van der Waals surface area contributed by atoms with Crippen molar-refractivity contribution in [2.45, 2.75) is 25.5 Å². The van der Waals surface area contributed by atoms with Gasteiger partial charge in [-0.2, -0.15) is 5.10 Å².